The number of carbonyl (C=O) groups is 1. The van der Waals surface area contributed by atoms with E-state index in [1.54, 1.807) is 6.92 Å². The maximum atomic E-state index is 13.2. The molecule has 0 saturated carbocycles. The molecule has 2 amide bonds. The molecule has 0 aliphatic carbocycles. The van der Waals surface area contributed by atoms with Crippen LogP contribution in [0.2, 0.25) is 0 Å². The Bertz CT molecular complexity index is 699. The van der Waals surface area contributed by atoms with Gasteiger partial charge in [-0.1, -0.05) is 5.10 Å². The van der Waals surface area contributed by atoms with Gasteiger partial charge >= 0.3 is 12.2 Å². The van der Waals surface area contributed by atoms with Crippen molar-refractivity contribution in [3.63, 3.8) is 0 Å². The van der Waals surface area contributed by atoms with Crippen molar-refractivity contribution in [1.82, 2.24) is 25.5 Å². The van der Waals surface area contributed by atoms with Gasteiger partial charge in [-0.05, 0) is 41.1 Å². The Morgan fingerprint density at radius 3 is 2.70 bits per heavy atom. The number of anilines is 1. The fourth-order valence-corrected chi connectivity index (χ4v) is 1.75. The van der Waals surface area contributed by atoms with E-state index in [0.29, 0.717) is 12.6 Å². The first kappa shape index (κ1) is 16.6. The lowest BCUT2D eigenvalue weighted by atomic mass is 10.1. The van der Waals surface area contributed by atoms with Crippen LogP contribution in [-0.4, -0.2) is 26.2 Å². The molecular formula is C12H12F4N6O. The molecule has 124 valence electrons. The van der Waals surface area contributed by atoms with E-state index in [-0.39, 0.29) is 18.1 Å². The van der Waals surface area contributed by atoms with Crippen molar-refractivity contribution in [2.45, 2.75) is 26.2 Å². The molecule has 23 heavy (non-hydrogen) atoms. The van der Waals surface area contributed by atoms with Crippen LogP contribution >= 0.6 is 0 Å². The first-order valence-corrected chi connectivity index (χ1v) is 6.47. The number of hydrogen-bond acceptors (Lipinski definition) is 4. The summed E-state index contributed by atoms with van der Waals surface area (Å²) in [6.07, 6.45) is -4.66. The summed E-state index contributed by atoms with van der Waals surface area (Å²) in [4.78, 5) is 11.7. The van der Waals surface area contributed by atoms with Crippen LogP contribution in [0, 0.1) is 5.82 Å². The minimum absolute atomic E-state index is 0.0254. The molecular weight excluding hydrogens is 320 g/mol. The van der Waals surface area contributed by atoms with Gasteiger partial charge in [-0.2, -0.15) is 13.2 Å². The molecule has 7 nitrogen and oxygen atoms in total. The fourth-order valence-electron chi connectivity index (χ4n) is 1.75. The number of carbonyl (C=O) groups excluding carboxylic acids is 1. The lowest BCUT2D eigenvalue weighted by Crippen LogP contribution is -2.29. The zero-order valence-electron chi connectivity index (χ0n) is 11.9. The number of nitrogens with zero attached hydrogens (tertiary/aromatic N) is 4. The number of alkyl halides is 3. The maximum absolute atomic E-state index is 13.2. The SMILES string of the molecule is CCn1nnnc1NC(=O)NCc1cc(F)cc(C(F)(F)F)c1. The van der Waals surface area contributed by atoms with Gasteiger partial charge in [-0.25, -0.2) is 13.9 Å². The van der Waals surface area contributed by atoms with Gasteiger partial charge in [-0.15, -0.1) is 0 Å². The lowest BCUT2D eigenvalue weighted by Gasteiger charge is -2.10. The van der Waals surface area contributed by atoms with Crippen molar-refractivity contribution in [1.29, 1.82) is 0 Å². The number of aryl methyl sites for hydroxylation is 1. The largest absolute Gasteiger partial charge is 0.416 e. The number of amides is 2. The summed E-state index contributed by atoms with van der Waals surface area (Å²) < 4.78 is 52.3. The third-order valence-corrected chi connectivity index (χ3v) is 2.79. The third-order valence-electron chi connectivity index (χ3n) is 2.79. The van der Waals surface area contributed by atoms with Gasteiger partial charge in [0.15, 0.2) is 0 Å². The maximum Gasteiger partial charge on any atom is 0.416 e. The monoisotopic (exact) mass is 332 g/mol. The van der Waals surface area contributed by atoms with Crippen LogP contribution in [0.3, 0.4) is 0 Å². The first-order chi connectivity index (χ1) is 10.8. The van der Waals surface area contributed by atoms with E-state index in [1.165, 1.54) is 4.68 Å². The Morgan fingerprint density at radius 1 is 1.30 bits per heavy atom. The Morgan fingerprint density at radius 2 is 2.04 bits per heavy atom. The van der Waals surface area contributed by atoms with Crippen molar-refractivity contribution in [2.75, 3.05) is 5.32 Å². The summed E-state index contributed by atoms with van der Waals surface area (Å²) in [5.41, 5.74) is -1.15. The molecule has 2 aromatic rings. The molecule has 0 fully saturated rings. The van der Waals surface area contributed by atoms with Gasteiger partial charge in [0.1, 0.15) is 5.82 Å². The molecule has 0 radical (unpaired) electrons. The second-order valence-electron chi connectivity index (χ2n) is 4.47. The summed E-state index contributed by atoms with van der Waals surface area (Å²) in [7, 11) is 0. The normalized spacial score (nSPS) is 11.3. The van der Waals surface area contributed by atoms with Gasteiger partial charge < -0.3 is 5.32 Å². The number of hydrogen-bond donors (Lipinski definition) is 2. The average Bonchev–Trinajstić information content (AvgIpc) is 2.91. The third kappa shape index (κ3) is 4.37. The van der Waals surface area contributed by atoms with Crippen LogP contribution in [0.1, 0.15) is 18.1 Å². The zero-order chi connectivity index (χ0) is 17.0. The first-order valence-electron chi connectivity index (χ1n) is 6.47. The summed E-state index contributed by atoms with van der Waals surface area (Å²) in [5.74, 6) is -0.952. The fraction of sp³-hybridized carbons (Fsp3) is 0.333. The molecule has 2 N–H and O–H groups in total. The molecule has 0 spiro atoms. The highest BCUT2D eigenvalue weighted by molar-refractivity contribution is 5.87. The molecule has 0 saturated heterocycles. The molecule has 2 rings (SSSR count). The predicted molar refractivity (Wildman–Crippen MR) is 70.8 cm³/mol. The highest BCUT2D eigenvalue weighted by Crippen LogP contribution is 2.30. The van der Waals surface area contributed by atoms with Crippen LogP contribution < -0.4 is 10.6 Å². The number of urea groups is 1. The average molecular weight is 332 g/mol. The van der Waals surface area contributed by atoms with Gasteiger partial charge in [0.25, 0.3) is 5.95 Å². The van der Waals surface area contributed by atoms with Crippen LogP contribution in [0.4, 0.5) is 28.3 Å². The predicted octanol–water partition coefficient (Wildman–Crippen LogP) is 2.17. The van der Waals surface area contributed by atoms with Crippen LogP contribution in [0.5, 0.6) is 0 Å². The van der Waals surface area contributed by atoms with Crippen molar-refractivity contribution in [3.8, 4) is 0 Å². The van der Waals surface area contributed by atoms with Crippen LogP contribution in [-0.2, 0) is 19.3 Å². The van der Waals surface area contributed by atoms with Gasteiger partial charge in [0, 0.05) is 13.1 Å². The molecule has 1 aromatic heterocycles. The Labute approximate surface area is 127 Å². The lowest BCUT2D eigenvalue weighted by molar-refractivity contribution is -0.137. The van der Waals surface area contributed by atoms with E-state index in [4.69, 9.17) is 0 Å². The second kappa shape index (κ2) is 6.58. The van der Waals surface area contributed by atoms with Gasteiger partial charge in [-0.3, -0.25) is 5.32 Å². The molecule has 0 unspecified atom stereocenters. The Hall–Kier alpha value is -2.72. The van der Waals surface area contributed by atoms with E-state index >= 15 is 0 Å². The van der Waals surface area contributed by atoms with Gasteiger partial charge in [0.05, 0.1) is 5.56 Å². The van der Waals surface area contributed by atoms with Crippen molar-refractivity contribution in [2.24, 2.45) is 0 Å². The molecule has 0 aliphatic heterocycles. The van der Waals surface area contributed by atoms with Crippen molar-refractivity contribution < 1.29 is 22.4 Å². The summed E-state index contributed by atoms with van der Waals surface area (Å²) >= 11 is 0. The minimum Gasteiger partial charge on any atom is -0.334 e. The zero-order valence-corrected chi connectivity index (χ0v) is 11.9. The smallest absolute Gasteiger partial charge is 0.334 e. The molecule has 0 aliphatic rings. The summed E-state index contributed by atoms with van der Waals surface area (Å²) in [6.45, 7) is 1.88. The summed E-state index contributed by atoms with van der Waals surface area (Å²) in [6, 6.07) is 1.33. The highest BCUT2D eigenvalue weighted by Gasteiger charge is 2.31. The van der Waals surface area contributed by atoms with Crippen LogP contribution in [0.15, 0.2) is 18.2 Å². The molecule has 0 atom stereocenters. The van der Waals surface area contributed by atoms with E-state index in [9.17, 15) is 22.4 Å². The van der Waals surface area contributed by atoms with E-state index < -0.39 is 23.6 Å². The molecule has 1 heterocycles. The number of benzene rings is 1. The van der Waals surface area contributed by atoms with E-state index in [2.05, 4.69) is 26.2 Å². The topological polar surface area (TPSA) is 84.7 Å². The molecule has 1 aromatic carbocycles. The standard InChI is InChI=1S/C12H12F4N6O/c1-2-22-10(19-20-21-22)18-11(23)17-6-7-3-8(12(14,15)16)5-9(13)4-7/h3-5H,2,6H2,1H3,(H2,17,18,19,21,23). The summed E-state index contributed by atoms with van der Waals surface area (Å²) in [5, 5.41) is 15.2. The highest BCUT2D eigenvalue weighted by atomic mass is 19.4. The quantitative estimate of drug-likeness (QED) is 0.841. The minimum atomic E-state index is -4.66. The molecule has 11 heteroatoms. The van der Waals surface area contributed by atoms with E-state index in [1.807, 2.05) is 0 Å². The second-order valence-corrected chi connectivity index (χ2v) is 4.47. The Kier molecular flexibility index (Phi) is 4.77. The number of rotatable bonds is 4. The van der Waals surface area contributed by atoms with Crippen molar-refractivity contribution in [3.05, 3.63) is 35.1 Å². The van der Waals surface area contributed by atoms with E-state index in [0.717, 1.165) is 12.1 Å². The number of halogens is 4. The number of nitrogens with one attached hydrogen (secondary N) is 2. The van der Waals surface area contributed by atoms with Crippen LogP contribution in [0.25, 0.3) is 0 Å². The number of aromatic nitrogens is 4. The van der Waals surface area contributed by atoms with Gasteiger partial charge in [0.2, 0.25) is 0 Å². The van der Waals surface area contributed by atoms with Crippen molar-refractivity contribution >= 4 is 12.0 Å². The number of tetrazole rings is 1. The Balaban J connectivity index is 2.00. The molecule has 0 bridgehead atoms.